The Bertz CT molecular complexity index is 814. The summed E-state index contributed by atoms with van der Waals surface area (Å²) in [6.07, 6.45) is 0. The first-order valence-corrected chi connectivity index (χ1v) is 8.50. The van der Waals surface area contributed by atoms with Crippen molar-refractivity contribution < 1.29 is 27.1 Å². The van der Waals surface area contributed by atoms with Gasteiger partial charge in [-0.15, -0.1) is 0 Å². The van der Waals surface area contributed by atoms with Crippen molar-refractivity contribution in [3.8, 4) is 5.75 Å². The van der Waals surface area contributed by atoms with E-state index in [1.807, 2.05) is 6.07 Å². The van der Waals surface area contributed by atoms with E-state index in [0.29, 0.717) is 5.75 Å². The lowest BCUT2D eigenvalue weighted by Gasteiger charge is -2.36. The molecular weight excluding hydrogens is 388 g/mol. The second-order valence-electron chi connectivity index (χ2n) is 5.89. The van der Waals surface area contributed by atoms with Gasteiger partial charge in [-0.05, 0) is 12.1 Å². The number of amides is 1. The molecule has 0 N–H and O–H groups in total. The highest BCUT2D eigenvalue weighted by molar-refractivity contribution is 6.31. The fourth-order valence-corrected chi connectivity index (χ4v) is 2.97. The molecule has 1 aliphatic rings. The number of anilines is 1. The van der Waals surface area contributed by atoms with Crippen LogP contribution >= 0.6 is 11.6 Å². The predicted molar refractivity (Wildman–Crippen MR) is 92.0 cm³/mol. The number of benzene rings is 2. The van der Waals surface area contributed by atoms with E-state index in [2.05, 4.69) is 0 Å². The normalized spacial score (nSPS) is 14.4. The number of rotatable bonds is 4. The van der Waals surface area contributed by atoms with Crippen LogP contribution in [0.15, 0.2) is 30.3 Å². The summed E-state index contributed by atoms with van der Waals surface area (Å²) in [7, 11) is 0. The van der Waals surface area contributed by atoms with E-state index in [1.54, 1.807) is 24.3 Å². The van der Waals surface area contributed by atoms with Crippen molar-refractivity contribution in [2.24, 2.45) is 0 Å². The molecule has 144 valence electrons. The summed E-state index contributed by atoms with van der Waals surface area (Å²) in [5.74, 6) is -6.13. The molecule has 1 amide bonds. The standard InChI is InChI=1S/C18H15ClF4N2O2/c19-13-14(20)16(22)18(17(23)15(13)21)25-8-6-24(7-9-25)12(26)10-27-11-4-2-1-3-5-11/h1-5H,6-10H2. The summed E-state index contributed by atoms with van der Waals surface area (Å²) in [4.78, 5) is 14.8. The third-order valence-electron chi connectivity index (χ3n) is 4.24. The number of halogens is 5. The lowest BCUT2D eigenvalue weighted by atomic mass is 10.2. The highest BCUT2D eigenvalue weighted by Crippen LogP contribution is 2.33. The first kappa shape index (κ1) is 19.3. The highest BCUT2D eigenvalue weighted by atomic mass is 35.5. The van der Waals surface area contributed by atoms with Gasteiger partial charge >= 0.3 is 0 Å². The maximum atomic E-state index is 14.0. The van der Waals surface area contributed by atoms with Gasteiger partial charge in [-0.25, -0.2) is 17.6 Å². The number of carbonyl (C=O) groups is 1. The van der Waals surface area contributed by atoms with Gasteiger partial charge < -0.3 is 14.5 Å². The lowest BCUT2D eigenvalue weighted by molar-refractivity contribution is -0.133. The van der Waals surface area contributed by atoms with Gasteiger partial charge in [0, 0.05) is 26.2 Å². The topological polar surface area (TPSA) is 32.8 Å². The SMILES string of the molecule is O=C(COc1ccccc1)N1CCN(c2c(F)c(F)c(Cl)c(F)c2F)CC1. The van der Waals surface area contributed by atoms with Gasteiger partial charge in [0.05, 0.1) is 0 Å². The van der Waals surface area contributed by atoms with E-state index in [4.69, 9.17) is 16.3 Å². The van der Waals surface area contributed by atoms with Crippen LogP contribution in [-0.2, 0) is 4.79 Å². The number of para-hydroxylation sites is 1. The fraction of sp³-hybridized carbons (Fsp3) is 0.278. The molecule has 0 atom stereocenters. The van der Waals surface area contributed by atoms with Gasteiger partial charge in [0.25, 0.3) is 5.91 Å². The smallest absolute Gasteiger partial charge is 0.260 e. The summed E-state index contributed by atoms with van der Waals surface area (Å²) >= 11 is 5.23. The van der Waals surface area contributed by atoms with E-state index in [1.165, 1.54) is 4.90 Å². The van der Waals surface area contributed by atoms with Crippen LogP contribution in [0.5, 0.6) is 5.75 Å². The second kappa shape index (κ2) is 8.04. The van der Waals surface area contributed by atoms with Crippen molar-refractivity contribution in [3.05, 3.63) is 58.6 Å². The quantitative estimate of drug-likeness (QED) is 0.445. The number of piperazine rings is 1. The molecule has 2 aromatic rings. The van der Waals surface area contributed by atoms with Crippen molar-refractivity contribution in [3.63, 3.8) is 0 Å². The van der Waals surface area contributed by atoms with E-state index >= 15 is 0 Å². The van der Waals surface area contributed by atoms with E-state index in [-0.39, 0.29) is 38.7 Å². The number of hydrogen-bond acceptors (Lipinski definition) is 3. The van der Waals surface area contributed by atoms with Gasteiger partial charge in [0.1, 0.15) is 16.5 Å². The van der Waals surface area contributed by atoms with Gasteiger partial charge in [-0.1, -0.05) is 29.8 Å². The fourth-order valence-electron chi connectivity index (χ4n) is 2.80. The van der Waals surface area contributed by atoms with Crippen LogP contribution in [0.3, 0.4) is 0 Å². The Balaban J connectivity index is 1.63. The average Bonchev–Trinajstić information content (AvgIpc) is 2.70. The molecule has 0 radical (unpaired) electrons. The summed E-state index contributed by atoms with van der Waals surface area (Å²) in [6, 6.07) is 8.77. The minimum Gasteiger partial charge on any atom is -0.484 e. The highest BCUT2D eigenvalue weighted by Gasteiger charge is 2.30. The number of hydrogen-bond donors (Lipinski definition) is 0. The van der Waals surface area contributed by atoms with Crippen molar-refractivity contribution in [2.75, 3.05) is 37.7 Å². The van der Waals surface area contributed by atoms with E-state index in [0.717, 1.165) is 4.90 Å². The third kappa shape index (κ3) is 3.95. The predicted octanol–water partition coefficient (Wildman–Crippen LogP) is 3.62. The molecule has 4 nitrogen and oxygen atoms in total. The first-order valence-electron chi connectivity index (χ1n) is 8.12. The van der Waals surface area contributed by atoms with E-state index in [9.17, 15) is 22.4 Å². The maximum Gasteiger partial charge on any atom is 0.260 e. The van der Waals surface area contributed by atoms with Crippen molar-refractivity contribution in [2.45, 2.75) is 0 Å². The first-order chi connectivity index (χ1) is 12.9. The third-order valence-corrected chi connectivity index (χ3v) is 4.57. The van der Waals surface area contributed by atoms with E-state index < -0.39 is 34.0 Å². The van der Waals surface area contributed by atoms with Crippen LogP contribution in [-0.4, -0.2) is 43.6 Å². The molecule has 0 unspecified atom stereocenters. The molecule has 2 aromatic carbocycles. The molecule has 1 aliphatic heterocycles. The van der Waals surface area contributed by atoms with Crippen LogP contribution in [0.25, 0.3) is 0 Å². The Kier molecular flexibility index (Phi) is 5.74. The minimum atomic E-state index is -1.64. The molecule has 27 heavy (non-hydrogen) atoms. The Morgan fingerprint density at radius 1 is 0.926 bits per heavy atom. The van der Waals surface area contributed by atoms with Crippen molar-refractivity contribution in [1.82, 2.24) is 4.90 Å². The maximum absolute atomic E-state index is 14.0. The van der Waals surface area contributed by atoms with Crippen LogP contribution in [0.1, 0.15) is 0 Å². The number of nitrogens with zero attached hydrogens (tertiary/aromatic N) is 2. The molecule has 0 spiro atoms. The Morgan fingerprint density at radius 3 is 2.04 bits per heavy atom. The van der Waals surface area contributed by atoms with Gasteiger partial charge in [-0.3, -0.25) is 4.79 Å². The van der Waals surface area contributed by atoms with Crippen LogP contribution in [0.2, 0.25) is 5.02 Å². The molecule has 0 bridgehead atoms. The molecule has 0 aliphatic carbocycles. The zero-order valence-corrected chi connectivity index (χ0v) is 14.8. The monoisotopic (exact) mass is 402 g/mol. The van der Waals surface area contributed by atoms with Crippen molar-refractivity contribution in [1.29, 1.82) is 0 Å². The van der Waals surface area contributed by atoms with Gasteiger partial charge in [0.2, 0.25) is 0 Å². The summed E-state index contributed by atoms with van der Waals surface area (Å²) in [6.45, 7) is 0.0806. The zero-order chi connectivity index (χ0) is 19.6. The van der Waals surface area contributed by atoms with Crippen LogP contribution in [0, 0.1) is 23.3 Å². The Hall–Kier alpha value is -2.48. The molecule has 0 saturated carbocycles. The molecule has 1 saturated heterocycles. The molecule has 1 fully saturated rings. The van der Waals surface area contributed by atoms with Crippen molar-refractivity contribution >= 4 is 23.2 Å². The minimum absolute atomic E-state index is 0.00539. The largest absolute Gasteiger partial charge is 0.484 e. The summed E-state index contributed by atoms with van der Waals surface area (Å²) in [5.41, 5.74) is -0.818. The van der Waals surface area contributed by atoms with Crippen LogP contribution in [0.4, 0.5) is 23.2 Å². The summed E-state index contributed by atoms with van der Waals surface area (Å²) in [5, 5.41) is -1.22. The van der Waals surface area contributed by atoms with Gasteiger partial charge in [0.15, 0.2) is 29.9 Å². The molecular formula is C18H15ClF4N2O2. The molecule has 3 rings (SSSR count). The summed E-state index contributed by atoms with van der Waals surface area (Å²) < 4.78 is 60.7. The number of ether oxygens (including phenoxy) is 1. The Labute approximate surface area is 157 Å². The van der Waals surface area contributed by atoms with Gasteiger partial charge in [-0.2, -0.15) is 0 Å². The van der Waals surface area contributed by atoms with Crippen LogP contribution < -0.4 is 9.64 Å². The Morgan fingerprint density at radius 2 is 1.48 bits per heavy atom. The molecule has 9 heteroatoms. The molecule has 1 heterocycles. The zero-order valence-electron chi connectivity index (χ0n) is 14.0. The average molecular weight is 403 g/mol. The lowest BCUT2D eigenvalue weighted by Crippen LogP contribution is -2.50. The molecule has 0 aromatic heterocycles. The second-order valence-corrected chi connectivity index (χ2v) is 6.27. The number of carbonyl (C=O) groups excluding carboxylic acids is 1.